The molecule has 0 amide bonds. The molecule has 0 radical (unpaired) electrons. The summed E-state index contributed by atoms with van der Waals surface area (Å²) in [6, 6.07) is 9.91. The van der Waals surface area contributed by atoms with Crippen molar-refractivity contribution in [3.63, 3.8) is 0 Å². The first kappa shape index (κ1) is 18.2. The van der Waals surface area contributed by atoms with Crippen LogP contribution in [0.5, 0.6) is 11.5 Å². The number of benzene rings is 2. The number of aromatic nitrogens is 2. The normalized spacial score (nSPS) is 10.6. The number of rotatable bonds is 7. The highest BCUT2D eigenvalue weighted by Crippen LogP contribution is 2.30. The minimum atomic E-state index is 0.0404. The summed E-state index contributed by atoms with van der Waals surface area (Å²) in [5.41, 5.74) is 1.11. The van der Waals surface area contributed by atoms with E-state index in [4.69, 9.17) is 37.2 Å². The van der Waals surface area contributed by atoms with E-state index in [9.17, 15) is 4.79 Å². The molecular formula is C18H14Cl2N2O4. The molecule has 0 unspecified atom stereocenters. The summed E-state index contributed by atoms with van der Waals surface area (Å²) >= 11 is 12.0. The van der Waals surface area contributed by atoms with E-state index in [2.05, 4.69) is 10.1 Å². The van der Waals surface area contributed by atoms with E-state index < -0.39 is 0 Å². The van der Waals surface area contributed by atoms with Gasteiger partial charge in [-0.25, -0.2) is 0 Å². The van der Waals surface area contributed by atoms with E-state index in [0.29, 0.717) is 45.1 Å². The first-order chi connectivity index (χ1) is 12.6. The quantitative estimate of drug-likeness (QED) is 0.535. The molecule has 0 aliphatic heterocycles. The molecule has 0 aliphatic carbocycles. The maximum atomic E-state index is 10.9. The van der Waals surface area contributed by atoms with Crippen LogP contribution in [0.25, 0.3) is 11.4 Å². The Kier molecular flexibility index (Phi) is 5.75. The molecule has 8 heteroatoms. The average Bonchev–Trinajstić information content (AvgIpc) is 3.09. The second-order valence-electron chi connectivity index (χ2n) is 5.18. The van der Waals surface area contributed by atoms with Gasteiger partial charge in [-0.2, -0.15) is 4.98 Å². The monoisotopic (exact) mass is 392 g/mol. The van der Waals surface area contributed by atoms with Crippen molar-refractivity contribution in [2.24, 2.45) is 0 Å². The largest absolute Gasteiger partial charge is 0.490 e. The molecule has 2 aromatic carbocycles. The lowest BCUT2D eigenvalue weighted by molar-refractivity contribution is 0.112. The van der Waals surface area contributed by atoms with Crippen molar-refractivity contribution < 1.29 is 18.8 Å². The van der Waals surface area contributed by atoms with Crippen molar-refractivity contribution in [2.45, 2.75) is 13.5 Å². The van der Waals surface area contributed by atoms with Gasteiger partial charge in [0.05, 0.1) is 11.6 Å². The summed E-state index contributed by atoms with van der Waals surface area (Å²) in [6.45, 7) is 2.33. The van der Waals surface area contributed by atoms with Crippen LogP contribution in [-0.2, 0) is 6.61 Å². The summed E-state index contributed by atoms with van der Waals surface area (Å²) in [6.07, 6.45) is 0.742. The van der Waals surface area contributed by atoms with Crippen molar-refractivity contribution in [1.29, 1.82) is 0 Å². The maximum Gasteiger partial charge on any atom is 0.264 e. The molecule has 3 rings (SSSR count). The van der Waals surface area contributed by atoms with Gasteiger partial charge < -0.3 is 14.0 Å². The van der Waals surface area contributed by atoms with E-state index in [0.717, 1.165) is 6.29 Å². The SMILES string of the molecule is CCOc1cc(C=O)ccc1OCc1nc(-c2ccc(Cl)cc2Cl)no1. The third-order valence-electron chi connectivity index (χ3n) is 3.39. The van der Waals surface area contributed by atoms with Crippen molar-refractivity contribution >= 4 is 29.5 Å². The van der Waals surface area contributed by atoms with Crippen LogP contribution in [0.15, 0.2) is 40.9 Å². The van der Waals surface area contributed by atoms with E-state index in [1.54, 1.807) is 36.4 Å². The van der Waals surface area contributed by atoms with Gasteiger partial charge >= 0.3 is 0 Å². The molecule has 0 aliphatic rings. The van der Waals surface area contributed by atoms with Crippen molar-refractivity contribution in [3.05, 3.63) is 57.9 Å². The van der Waals surface area contributed by atoms with Crippen LogP contribution in [0.2, 0.25) is 10.0 Å². The zero-order valence-electron chi connectivity index (χ0n) is 13.7. The molecular weight excluding hydrogens is 379 g/mol. The summed E-state index contributed by atoms with van der Waals surface area (Å²) in [4.78, 5) is 15.2. The lowest BCUT2D eigenvalue weighted by atomic mass is 10.2. The maximum absolute atomic E-state index is 10.9. The summed E-state index contributed by atoms with van der Waals surface area (Å²) < 4.78 is 16.4. The van der Waals surface area contributed by atoms with Crippen LogP contribution in [0.4, 0.5) is 0 Å². The van der Waals surface area contributed by atoms with Crippen molar-refractivity contribution in [3.8, 4) is 22.9 Å². The fourth-order valence-electron chi connectivity index (χ4n) is 2.22. The van der Waals surface area contributed by atoms with E-state index >= 15 is 0 Å². The third-order valence-corrected chi connectivity index (χ3v) is 3.94. The molecule has 0 atom stereocenters. The molecule has 6 nitrogen and oxygen atoms in total. The highest BCUT2D eigenvalue weighted by molar-refractivity contribution is 6.36. The number of hydrogen-bond acceptors (Lipinski definition) is 6. The predicted octanol–water partition coefficient (Wildman–Crippen LogP) is 4.83. The smallest absolute Gasteiger partial charge is 0.264 e. The fourth-order valence-corrected chi connectivity index (χ4v) is 2.71. The van der Waals surface area contributed by atoms with Gasteiger partial charge in [-0.1, -0.05) is 28.4 Å². The number of nitrogens with zero attached hydrogens (tertiary/aromatic N) is 2. The van der Waals surface area contributed by atoms with Crippen LogP contribution in [0.1, 0.15) is 23.2 Å². The summed E-state index contributed by atoms with van der Waals surface area (Å²) in [5, 5.41) is 4.85. The lowest BCUT2D eigenvalue weighted by Gasteiger charge is -2.10. The van der Waals surface area contributed by atoms with Gasteiger partial charge in [-0.15, -0.1) is 0 Å². The van der Waals surface area contributed by atoms with Crippen molar-refractivity contribution in [1.82, 2.24) is 10.1 Å². The van der Waals surface area contributed by atoms with E-state index in [1.165, 1.54) is 0 Å². The molecule has 0 spiro atoms. The minimum absolute atomic E-state index is 0.0404. The zero-order valence-corrected chi connectivity index (χ0v) is 15.3. The molecule has 1 heterocycles. The Morgan fingerprint density at radius 3 is 2.69 bits per heavy atom. The molecule has 0 fully saturated rings. The molecule has 0 saturated carbocycles. The number of ether oxygens (including phenoxy) is 2. The van der Waals surface area contributed by atoms with Gasteiger partial charge in [0, 0.05) is 16.1 Å². The van der Waals surface area contributed by atoms with Crippen LogP contribution in [0.3, 0.4) is 0 Å². The second kappa shape index (κ2) is 8.21. The average molecular weight is 393 g/mol. The van der Waals surface area contributed by atoms with Gasteiger partial charge in [0.1, 0.15) is 6.29 Å². The van der Waals surface area contributed by atoms with Crippen LogP contribution >= 0.6 is 23.2 Å². The second-order valence-corrected chi connectivity index (χ2v) is 6.03. The zero-order chi connectivity index (χ0) is 18.5. The fraction of sp³-hybridized carbons (Fsp3) is 0.167. The molecule has 0 saturated heterocycles. The molecule has 0 bridgehead atoms. The van der Waals surface area contributed by atoms with Gasteiger partial charge in [0.2, 0.25) is 5.82 Å². The lowest BCUT2D eigenvalue weighted by Crippen LogP contribution is -2.00. The Balaban J connectivity index is 1.75. The highest BCUT2D eigenvalue weighted by Gasteiger charge is 2.14. The Morgan fingerprint density at radius 1 is 1.12 bits per heavy atom. The molecule has 1 aromatic heterocycles. The Bertz CT molecular complexity index is 927. The predicted molar refractivity (Wildman–Crippen MR) is 97.1 cm³/mol. The van der Waals surface area contributed by atoms with Gasteiger partial charge in [0.25, 0.3) is 5.89 Å². The molecule has 134 valence electrons. The molecule has 26 heavy (non-hydrogen) atoms. The van der Waals surface area contributed by atoms with Crippen LogP contribution in [0, 0.1) is 0 Å². The number of hydrogen-bond donors (Lipinski definition) is 0. The summed E-state index contributed by atoms with van der Waals surface area (Å²) in [5.74, 6) is 1.55. The minimum Gasteiger partial charge on any atom is -0.490 e. The number of carbonyl (C=O) groups excluding carboxylic acids is 1. The van der Waals surface area contributed by atoms with Crippen molar-refractivity contribution in [2.75, 3.05) is 6.61 Å². The summed E-state index contributed by atoms with van der Waals surface area (Å²) in [7, 11) is 0. The van der Waals surface area contributed by atoms with E-state index in [1.807, 2.05) is 6.92 Å². The molecule has 0 N–H and O–H groups in total. The highest BCUT2D eigenvalue weighted by atomic mass is 35.5. The topological polar surface area (TPSA) is 74.5 Å². The van der Waals surface area contributed by atoms with Gasteiger partial charge in [-0.3, -0.25) is 4.79 Å². The standard InChI is InChI=1S/C18H14Cl2N2O4/c1-2-24-16-7-11(9-23)3-6-15(16)25-10-17-21-18(22-26-17)13-5-4-12(19)8-14(13)20/h3-9H,2,10H2,1H3. The van der Waals surface area contributed by atoms with E-state index in [-0.39, 0.29) is 12.5 Å². The van der Waals surface area contributed by atoms with Gasteiger partial charge in [0.15, 0.2) is 18.1 Å². The third kappa shape index (κ3) is 4.15. The Hall–Kier alpha value is -2.57. The first-order valence-electron chi connectivity index (χ1n) is 7.73. The first-order valence-corrected chi connectivity index (χ1v) is 8.49. The van der Waals surface area contributed by atoms with Gasteiger partial charge in [-0.05, 0) is 43.3 Å². The Morgan fingerprint density at radius 2 is 1.96 bits per heavy atom. The van der Waals surface area contributed by atoms with Crippen LogP contribution in [-0.4, -0.2) is 23.0 Å². The number of carbonyl (C=O) groups is 1. The number of aldehydes is 1. The number of halogens is 2. The molecule has 3 aromatic rings. The Labute approximate surface area is 159 Å². The van der Waals surface area contributed by atoms with Crippen LogP contribution < -0.4 is 9.47 Å².